The van der Waals surface area contributed by atoms with Crippen molar-refractivity contribution in [2.24, 2.45) is 0 Å². The Kier molecular flexibility index (Phi) is 8.49. The fourth-order valence-electron chi connectivity index (χ4n) is 2.58. The van der Waals surface area contributed by atoms with Crippen LogP contribution in [-0.2, 0) is 11.2 Å². The number of carbonyl (C=O) groups excluding carboxylic acids is 1. The second-order valence-corrected chi connectivity index (χ2v) is 6.19. The zero-order chi connectivity index (χ0) is 19.5. The van der Waals surface area contributed by atoms with Crippen molar-refractivity contribution in [3.8, 4) is 17.2 Å². The molecule has 0 unspecified atom stereocenters. The van der Waals surface area contributed by atoms with Crippen molar-refractivity contribution in [1.82, 2.24) is 0 Å². The van der Waals surface area contributed by atoms with Crippen LogP contribution in [0.5, 0.6) is 17.2 Å². The van der Waals surface area contributed by atoms with E-state index in [0.717, 1.165) is 41.3 Å². The highest BCUT2D eigenvalue weighted by Crippen LogP contribution is 2.29. The second kappa shape index (κ2) is 11.1. The molecule has 146 valence electrons. The lowest BCUT2D eigenvalue weighted by Gasteiger charge is -2.13. The standard InChI is InChI=1S/C22H29NO4/c1-4-6-15-27-20-13-7-17(16-21(20)26-5-2)8-14-22(24)23-18-9-11-19(25-3)12-10-18/h7,9-13,16H,4-6,8,14-15H2,1-3H3,(H,23,24). The van der Waals surface area contributed by atoms with E-state index in [9.17, 15) is 4.79 Å². The number of nitrogens with one attached hydrogen (secondary N) is 1. The van der Waals surface area contributed by atoms with Crippen molar-refractivity contribution in [3.05, 3.63) is 48.0 Å². The summed E-state index contributed by atoms with van der Waals surface area (Å²) in [6, 6.07) is 13.2. The predicted molar refractivity (Wildman–Crippen MR) is 108 cm³/mol. The van der Waals surface area contributed by atoms with Crippen molar-refractivity contribution in [2.45, 2.75) is 39.5 Å². The van der Waals surface area contributed by atoms with Gasteiger partial charge in [0.25, 0.3) is 0 Å². The van der Waals surface area contributed by atoms with E-state index in [0.29, 0.717) is 26.1 Å². The normalized spacial score (nSPS) is 10.3. The van der Waals surface area contributed by atoms with E-state index in [1.54, 1.807) is 7.11 Å². The second-order valence-electron chi connectivity index (χ2n) is 6.19. The summed E-state index contributed by atoms with van der Waals surface area (Å²) in [5, 5.41) is 2.90. The van der Waals surface area contributed by atoms with Gasteiger partial charge in [0.05, 0.1) is 20.3 Å². The number of carbonyl (C=O) groups is 1. The Morgan fingerprint density at radius 1 is 1.00 bits per heavy atom. The first-order chi connectivity index (χ1) is 13.2. The van der Waals surface area contributed by atoms with Gasteiger partial charge in [-0.3, -0.25) is 4.79 Å². The lowest BCUT2D eigenvalue weighted by molar-refractivity contribution is -0.116. The van der Waals surface area contributed by atoms with Gasteiger partial charge in [0.2, 0.25) is 5.91 Å². The molecule has 0 fully saturated rings. The molecular formula is C22H29NO4. The zero-order valence-electron chi connectivity index (χ0n) is 16.4. The first-order valence-corrected chi connectivity index (χ1v) is 9.48. The van der Waals surface area contributed by atoms with Crippen LogP contribution in [-0.4, -0.2) is 26.2 Å². The molecule has 2 aromatic rings. The van der Waals surface area contributed by atoms with Crippen LogP contribution >= 0.6 is 0 Å². The quantitative estimate of drug-likeness (QED) is 0.574. The van der Waals surface area contributed by atoms with Crippen LogP contribution < -0.4 is 19.5 Å². The lowest BCUT2D eigenvalue weighted by atomic mass is 10.1. The molecule has 0 aliphatic rings. The molecule has 0 aliphatic heterocycles. The molecule has 0 saturated carbocycles. The summed E-state index contributed by atoms with van der Waals surface area (Å²) < 4.78 is 16.6. The van der Waals surface area contributed by atoms with E-state index in [1.807, 2.05) is 49.4 Å². The van der Waals surface area contributed by atoms with Gasteiger partial charge in [-0.2, -0.15) is 0 Å². The first kappa shape index (κ1) is 20.6. The number of unbranched alkanes of at least 4 members (excludes halogenated alkanes) is 1. The largest absolute Gasteiger partial charge is 0.497 e. The van der Waals surface area contributed by atoms with E-state index in [-0.39, 0.29) is 5.91 Å². The number of aryl methyl sites for hydroxylation is 1. The summed E-state index contributed by atoms with van der Waals surface area (Å²) >= 11 is 0. The van der Waals surface area contributed by atoms with Crippen LogP contribution in [0.25, 0.3) is 0 Å². The van der Waals surface area contributed by atoms with Crippen LogP contribution in [0.1, 0.15) is 38.7 Å². The number of ether oxygens (including phenoxy) is 3. The van der Waals surface area contributed by atoms with Crippen LogP contribution in [0, 0.1) is 0 Å². The van der Waals surface area contributed by atoms with Crippen molar-refractivity contribution >= 4 is 11.6 Å². The third-order valence-electron chi connectivity index (χ3n) is 4.08. The SMILES string of the molecule is CCCCOc1ccc(CCC(=O)Nc2ccc(OC)cc2)cc1OCC. The van der Waals surface area contributed by atoms with Gasteiger partial charge in [-0.15, -0.1) is 0 Å². The fourth-order valence-corrected chi connectivity index (χ4v) is 2.58. The minimum atomic E-state index is -0.0265. The van der Waals surface area contributed by atoms with Gasteiger partial charge in [0.15, 0.2) is 11.5 Å². The average molecular weight is 371 g/mol. The average Bonchev–Trinajstić information content (AvgIpc) is 2.69. The van der Waals surface area contributed by atoms with Crippen molar-refractivity contribution < 1.29 is 19.0 Å². The Hall–Kier alpha value is -2.69. The number of amides is 1. The molecule has 0 heterocycles. The highest BCUT2D eigenvalue weighted by molar-refractivity contribution is 5.90. The van der Waals surface area contributed by atoms with E-state index in [4.69, 9.17) is 14.2 Å². The van der Waals surface area contributed by atoms with Crippen molar-refractivity contribution in [3.63, 3.8) is 0 Å². The summed E-state index contributed by atoms with van der Waals surface area (Å²) in [7, 11) is 1.62. The van der Waals surface area contributed by atoms with Crippen LogP contribution in [0.2, 0.25) is 0 Å². The highest BCUT2D eigenvalue weighted by atomic mass is 16.5. The number of benzene rings is 2. The number of hydrogen-bond donors (Lipinski definition) is 1. The molecule has 1 amide bonds. The molecule has 0 aliphatic carbocycles. The number of rotatable bonds is 11. The molecule has 1 N–H and O–H groups in total. The molecule has 2 rings (SSSR count). The Bertz CT molecular complexity index is 713. The number of anilines is 1. The summed E-state index contributed by atoms with van der Waals surface area (Å²) in [5.41, 5.74) is 1.81. The molecule has 2 aromatic carbocycles. The molecule has 0 atom stereocenters. The van der Waals surface area contributed by atoms with Crippen molar-refractivity contribution in [2.75, 3.05) is 25.6 Å². The maximum atomic E-state index is 12.2. The third kappa shape index (κ3) is 6.85. The van der Waals surface area contributed by atoms with Gasteiger partial charge >= 0.3 is 0 Å². The van der Waals surface area contributed by atoms with Gasteiger partial charge in [-0.05, 0) is 61.7 Å². The van der Waals surface area contributed by atoms with Gasteiger partial charge in [0.1, 0.15) is 5.75 Å². The van der Waals surface area contributed by atoms with Gasteiger partial charge in [-0.1, -0.05) is 19.4 Å². The molecule has 27 heavy (non-hydrogen) atoms. The molecule has 0 aromatic heterocycles. The Labute approximate surface area is 161 Å². The zero-order valence-corrected chi connectivity index (χ0v) is 16.4. The van der Waals surface area contributed by atoms with Crippen LogP contribution in [0.15, 0.2) is 42.5 Å². The summed E-state index contributed by atoms with van der Waals surface area (Å²) in [4.78, 5) is 12.2. The minimum Gasteiger partial charge on any atom is -0.497 e. The van der Waals surface area contributed by atoms with E-state index in [1.165, 1.54) is 0 Å². The Morgan fingerprint density at radius 2 is 1.78 bits per heavy atom. The van der Waals surface area contributed by atoms with E-state index >= 15 is 0 Å². The molecule has 0 radical (unpaired) electrons. The monoisotopic (exact) mass is 371 g/mol. The van der Waals surface area contributed by atoms with Crippen molar-refractivity contribution in [1.29, 1.82) is 0 Å². The topological polar surface area (TPSA) is 56.8 Å². The van der Waals surface area contributed by atoms with Gasteiger partial charge < -0.3 is 19.5 Å². The highest BCUT2D eigenvalue weighted by Gasteiger charge is 2.09. The van der Waals surface area contributed by atoms with E-state index < -0.39 is 0 Å². The molecule has 5 heteroatoms. The molecule has 5 nitrogen and oxygen atoms in total. The lowest BCUT2D eigenvalue weighted by Crippen LogP contribution is -2.12. The fraction of sp³-hybridized carbons (Fsp3) is 0.409. The van der Waals surface area contributed by atoms with Gasteiger partial charge in [-0.25, -0.2) is 0 Å². The molecule has 0 spiro atoms. The first-order valence-electron chi connectivity index (χ1n) is 9.48. The van der Waals surface area contributed by atoms with E-state index in [2.05, 4.69) is 12.2 Å². The maximum absolute atomic E-state index is 12.2. The maximum Gasteiger partial charge on any atom is 0.224 e. The van der Waals surface area contributed by atoms with Gasteiger partial charge in [0, 0.05) is 12.1 Å². The summed E-state index contributed by atoms with van der Waals surface area (Å²) in [6.07, 6.45) is 3.13. The van der Waals surface area contributed by atoms with Crippen LogP contribution in [0.3, 0.4) is 0 Å². The Balaban J connectivity index is 1.91. The minimum absolute atomic E-state index is 0.0265. The summed E-state index contributed by atoms with van der Waals surface area (Å²) in [6.45, 7) is 5.34. The molecule has 0 bridgehead atoms. The molecule has 0 saturated heterocycles. The Morgan fingerprint density at radius 3 is 2.44 bits per heavy atom. The predicted octanol–water partition coefficient (Wildman–Crippen LogP) is 4.84. The molecular weight excluding hydrogens is 342 g/mol. The smallest absolute Gasteiger partial charge is 0.224 e. The number of hydrogen-bond acceptors (Lipinski definition) is 4. The summed E-state index contributed by atoms with van der Waals surface area (Å²) in [5.74, 6) is 2.23. The van der Waals surface area contributed by atoms with Crippen LogP contribution in [0.4, 0.5) is 5.69 Å². The third-order valence-corrected chi connectivity index (χ3v) is 4.08. The number of methoxy groups -OCH3 is 1.